The van der Waals surface area contributed by atoms with E-state index in [1.54, 1.807) is 41.2 Å². The summed E-state index contributed by atoms with van der Waals surface area (Å²) in [5.41, 5.74) is 12.4. The Labute approximate surface area is 212 Å². The zero-order chi connectivity index (χ0) is 24.3. The van der Waals surface area contributed by atoms with Crippen LogP contribution in [0.1, 0.15) is 54.4 Å². The van der Waals surface area contributed by atoms with E-state index in [9.17, 15) is 0 Å². The third-order valence-electron chi connectivity index (χ3n) is 4.13. The van der Waals surface area contributed by atoms with Crippen LogP contribution in [0.2, 0.25) is 0 Å². The molecular formula is C18H44N2O6S4Si2. The van der Waals surface area contributed by atoms with Crippen molar-refractivity contribution in [2.24, 2.45) is 11.5 Å². The van der Waals surface area contributed by atoms with E-state index >= 15 is 0 Å². The average Bonchev–Trinajstić information content (AvgIpc) is 2.76. The van der Waals surface area contributed by atoms with E-state index in [1.165, 1.54) is 0 Å². The summed E-state index contributed by atoms with van der Waals surface area (Å²) in [7, 11) is 1.38. The van der Waals surface area contributed by atoms with Gasteiger partial charge in [0.25, 0.3) is 0 Å². The summed E-state index contributed by atoms with van der Waals surface area (Å²) in [6.45, 7) is 14.9. The molecule has 0 aliphatic heterocycles. The summed E-state index contributed by atoms with van der Waals surface area (Å²) < 4.78 is 35.3. The van der Waals surface area contributed by atoms with Crippen LogP contribution in [0.15, 0.2) is 0 Å². The van der Waals surface area contributed by atoms with E-state index in [0.29, 0.717) is 39.6 Å². The second kappa shape index (κ2) is 20.7. The molecule has 0 radical (unpaired) electrons. The van der Waals surface area contributed by atoms with Gasteiger partial charge in [0.2, 0.25) is 0 Å². The van der Waals surface area contributed by atoms with Crippen LogP contribution in [-0.2, 0) is 26.6 Å². The molecule has 0 aromatic heterocycles. The molecule has 0 aromatic rings. The molecule has 4 N–H and O–H groups in total. The predicted molar refractivity (Wildman–Crippen MR) is 147 cm³/mol. The van der Waals surface area contributed by atoms with Crippen molar-refractivity contribution in [3.63, 3.8) is 0 Å². The van der Waals surface area contributed by atoms with Crippen LogP contribution in [0.3, 0.4) is 0 Å². The van der Waals surface area contributed by atoms with Gasteiger partial charge in [-0.1, -0.05) is 21.6 Å². The van der Waals surface area contributed by atoms with Gasteiger partial charge in [0.15, 0.2) is 0 Å². The summed E-state index contributed by atoms with van der Waals surface area (Å²) in [5.74, 6) is 1.80. The second-order valence-electron chi connectivity index (χ2n) is 6.38. The molecule has 194 valence electrons. The molecule has 0 saturated heterocycles. The summed E-state index contributed by atoms with van der Waals surface area (Å²) in [6.07, 6.45) is 1.57. The first-order chi connectivity index (χ1) is 15.4. The monoisotopic (exact) mass is 568 g/mol. The van der Waals surface area contributed by atoms with Gasteiger partial charge >= 0.3 is 17.6 Å². The van der Waals surface area contributed by atoms with E-state index in [-0.39, 0.29) is 11.3 Å². The quantitative estimate of drug-likeness (QED) is 0.104. The van der Waals surface area contributed by atoms with Crippen molar-refractivity contribution in [3.8, 4) is 0 Å². The lowest BCUT2D eigenvalue weighted by atomic mass is 10.5. The fourth-order valence-electron chi connectivity index (χ4n) is 2.91. The lowest BCUT2D eigenvalue weighted by Crippen LogP contribution is -2.60. The van der Waals surface area contributed by atoms with Crippen LogP contribution >= 0.6 is 41.2 Å². The van der Waals surface area contributed by atoms with Crippen molar-refractivity contribution >= 4 is 58.8 Å². The van der Waals surface area contributed by atoms with Gasteiger partial charge in [0.1, 0.15) is 0 Å². The maximum absolute atomic E-state index is 6.43. The van der Waals surface area contributed by atoms with E-state index in [2.05, 4.69) is 0 Å². The Balaban J connectivity index is 4.28. The molecule has 14 heteroatoms. The lowest BCUT2D eigenvalue weighted by molar-refractivity contribution is 0.0612. The van der Waals surface area contributed by atoms with Crippen molar-refractivity contribution < 1.29 is 26.6 Å². The van der Waals surface area contributed by atoms with Crippen molar-refractivity contribution in [1.82, 2.24) is 0 Å². The molecule has 2 unspecified atom stereocenters. The molecule has 0 heterocycles. The lowest BCUT2D eigenvalue weighted by Gasteiger charge is -2.33. The second-order valence-corrected chi connectivity index (χ2v) is 18.2. The largest absolute Gasteiger partial charge is 0.518 e. The molecule has 0 rings (SSSR count). The normalized spacial score (nSPS) is 14.6. The Bertz CT molecular complexity index is 380. The van der Waals surface area contributed by atoms with Crippen LogP contribution in [0.25, 0.3) is 0 Å². The first-order valence-corrected chi connectivity index (χ1v) is 20.1. The molecule has 2 atom stereocenters. The molecule has 32 heavy (non-hydrogen) atoms. The molecule has 0 amide bonds. The van der Waals surface area contributed by atoms with E-state index in [4.69, 9.17) is 38.0 Å². The van der Waals surface area contributed by atoms with Crippen LogP contribution in [-0.4, -0.2) is 80.1 Å². The van der Waals surface area contributed by atoms with Crippen LogP contribution in [0, 0.1) is 0 Å². The van der Waals surface area contributed by atoms with Crippen LogP contribution in [0.4, 0.5) is 0 Å². The third kappa shape index (κ3) is 12.5. The highest BCUT2D eigenvalue weighted by atomic mass is 33.7. The fourth-order valence-corrected chi connectivity index (χ4v) is 14.7. The smallest absolute Gasteiger partial charge is 0.373 e. The molecule has 0 aliphatic rings. The van der Waals surface area contributed by atoms with E-state index < -0.39 is 17.6 Å². The Hall–Kier alpha value is 1.51. The highest BCUT2D eigenvalue weighted by Crippen LogP contribution is 2.43. The van der Waals surface area contributed by atoms with Gasteiger partial charge in [0.05, 0.1) is 11.3 Å². The first kappa shape index (κ1) is 33.5. The molecular weight excluding hydrogens is 525 g/mol. The van der Waals surface area contributed by atoms with E-state index in [1.807, 2.05) is 41.5 Å². The van der Waals surface area contributed by atoms with Gasteiger partial charge < -0.3 is 38.0 Å². The SMILES string of the molecule is CCO[Si](OCC)(OCC)C(N)CCSSSSCCC(N)[Si](OCC)(OCC)OCC. The van der Waals surface area contributed by atoms with Gasteiger partial charge in [-0.25, -0.2) is 0 Å². The number of hydrogen-bond donors (Lipinski definition) is 2. The van der Waals surface area contributed by atoms with Gasteiger partial charge in [-0.2, -0.15) is 0 Å². The molecule has 0 aliphatic carbocycles. The first-order valence-electron chi connectivity index (χ1n) is 11.3. The Morgan fingerprint density at radius 1 is 0.531 bits per heavy atom. The highest BCUT2D eigenvalue weighted by molar-refractivity contribution is 9.26. The van der Waals surface area contributed by atoms with Crippen molar-refractivity contribution in [3.05, 3.63) is 0 Å². The summed E-state index contributed by atoms with van der Waals surface area (Å²) in [4.78, 5) is 0. The minimum absolute atomic E-state index is 0.222. The molecule has 0 spiro atoms. The summed E-state index contributed by atoms with van der Waals surface area (Å²) >= 11 is 0. The Morgan fingerprint density at radius 3 is 1.00 bits per heavy atom. The third-order valence-corrected chi connectivity index (χ3v) is 17.2. The Morgan fingerprint density at radius 2 is 0.781 bits per heavy atom. The molecule has 0 aromatic carbocycles. The fraction of sp³-hybridized carbons (Fsp3) is 1.00. The van der Waals surface area contributed by atoms with Gasteiger partial charge in [-0.05, 0) is 74.0 Å². The highest BCUT2D eigenvalue weighted by Gasteiger charge is 2.48. The van der Waals surface area contributed by atoms with E-state index in [0.717, 1.165) is 24.3 Å². The number of rotatable bonds is 23. The summed E-state index contributed by atoms with van der Waals surface area (Å²) in [5, 5.41) is 0. The van der Waals surface area contributed by atoms with Gasteiger partial charge in [-0.15, -0.1) is 0 Å². The minimum atomic E-state index is -2.83. The number of nitrogens with two attached hydrogens (primary N) is 2. The topological polar surface area (TPSA) is 107 Å². The van der Waals surface area contributed by atoms with Gasteiger partial charge in [0, 0.05) is 51.1 Å². The van der Waals surface area contributed by atoms with Crippen molar-refractivity contribution in [1.29, 1.82) is 0 Å². The molecule has 0 fully saturated rings. The molecule has 0 saturated carbocycles. The minimum Gasteiger partial charge on any atom is -0.373 e. The van der Waals surface area contributed by atoms with Gasteiger partial charge in [-0.3, -0.25) is 0 Å². The van der Waals surface area contributed by atoms with Crippen molar-refractivity contribution in [2.45, 2.75) is 65.7 Å². The predicted octanol–water partition coefficient (Wildman–Crippen LogP) is 4.27. The molecule has 0 bridgehead atoms. The zero-order valence-electron chi connectivity index (χ0n) is 20.5. The average molecular weight is 569 g/mol. The summed E-state index contributed by atoms with van der Waals surface area (Å²) in [6, 6.07) is 0. The maximum Gasteiger partial charge on any atom is 0.518 e. The molecule has 8 nitrogen and oxygen atoms in total. The Kier molecular flexibility index (Phi) is 21.7. The standard InChI is InChI=1S/C18H44N2O6S4Si2/c1-7-21-31(22-8-2,23-9-3)17(19)13-15-27-29-30-28-16-14-18(20)32(24-10-4,25-11-5)26-12-6/h17-18H,7-16,19-20H2,1-6H3. The maximum atomic E-state index is 6.43. The van der Waals surface area contributed by atoms with Crippen molar-refractivity contribution in [2.75, 3.05) is 51.1 Å². The zero-order valence-corrected chi connectivity index (χ0v) is 25.7. The number of hydrogen-bond acceptors (Lipinski definition) is 12. The van der Waals surface area contributed by atoms with Crippen LogP contribution < -0.4 is 11.5 Å². The van der Waals surface area contributed by atoms with Crippen LogP contribution in [0.5, 0.6) is 0 Å².